The lowest BCUT2D eigenvalue weighted by molar-refractivity contribution is -0.870. The number of quaternary nitrogens is 1. The lowest BCUT2D eigenvalue weighted by atomic mass is 10.0. The van der Waals surface area contributed by atoms with E-state index in [-0.39, 0.29) is 12.5 Å². The molecule has 0 fully saturated rings. The normalized spacial score (nSPS) is 14.4. The van der Waals surface area contributed by atoms with E-state index < -0.39 is 26.6 Å². The fraction of sp³-hybridized carbons (Fsp3) is 0.732. The quantitative estimate of drug-likeness (QED) is 0.0272. The van der Waals surface area contributed by atoms with Crippen molar-refractivity contribution in [2.75, 3.05) is 40.9 Å². The second kappa shape index (κ2) is 60.7. The van der Waals surface area contributed by atoms with Crippen molar-refractivity contribution in [1.29, 1.82) is 0 Å². The summed E-state index contributed by atoms with van der Waals surface area (Å²) in [5.74, 6) is -0.210. The molecule has 0 radical (unpaired) electrons. The van der Waals surface area contributed by atoms with Crippen LogP contribution in [-0.4, -0.2) is 68.5 Å². The summed E-state index contributed by atoms with van der Waals surface area (Å²) >= 11 is 0. The van der Waals surface area contributed by atoms with Gasteiger partial charge in [0.25, 0.3) is 7.82 Å². The standard InChI is InChI=1S/C71H127N2O6P/c1-6-8-10-12-14-16-18-20-22-24-26-28-30-31-32-33-34-35-36-37-38-39-40-41-43-45-47-49-51-53-55-57-59-61-63-65-71(75)72-69(68-79-80(76,77)78-67-66-73(3,4)5)70(74)64-62-60-58-56-54-52-50-48-46-44-42-29-27-25-23-21-19-17-15-13-11-9-7-2/h8,10,14,16,20,22,26,28,31-32,34-35,37-38,54,56,62,64,69-70,74H,6-7,9,11-13,15,17-19,21,23-25,27,29-30,33,36,39-53,55,57-61,63,65-68H2,1-5H3,(H-,72,75,76,77)/b10-8-,16-14-,22-20-,28-26-,32-31-,35-34-,38-37-,56-54+,64-62+. The van der Waals surface area contributed by atoms with Crippen molar-refractivity contribution in [3.05, 3.63) is 109 Å². The largest absolute Gasteiger partial charge is 0.756 e. The van der Waals surface area contributed by atoms with Gasteiger partial charge in [0, 0.05) is 6.42 Å². The van der Waals surface area contributed by atoms with Gasteiger partial charge in [-0.2, -0.15) is 0 Å². The Morgan fingerprint density at radius 3 is 1.16 bits per heavy atom. The molecule has 0 aliphatic rings. The first kappa shape index (κ1) is 77.2. The summed E-state index contributed by atoms with van der Waals surface area (Å²) in [6, 6.07) is -0.912. The van der Waals surface area contributed by atoms with Gasteiger partial charge in [-0.25, -0.2) is 0 Å². The molecule has 0 aromatic carbocycles. The summed E-state index contributed by atoms with van der Waals surface area (Å²) in [4.78, 5) is 25.6. The summed E-state index contributed by atoms with van der Waals surface area (Å²) in [6.45, 7) is 4.53. The van der Waals surface area contributed by atoms with Crippen LogP contribution in [0.1, 0.15) is 284 Å². The summed E-state index contributed by atoms with van der Waals surface area (Å²) in [7, 11) is 1.24. The Morgan fingerprint density at radius 2 is 0.775 bits per heavy atom. The molecule has 0 aliphatic heterocycles. The van der Waals surface area contributed by atoms with E-state index in [2.05, 4.69) is 116 Å². The van der Waals surface area contributed by atoms with Gasteiger partial charge in [-0.3, -0.25) is 9.36 Å². The Labute approximate surface area is 495 Å². The molecule has 1 amide bonds. The second-order valence-corrected chi connectivity index (χ2v) is 24.8. The average molecular weight is 1140 g/mol. The Hall–Kier alpha value is -2.84. The van der Waals surface area contributed by atoms with E-state index in [1.165, 1.54) is 180 Å². The molecule has 9 heteroatoms. The molecule has 0 saturated heterocycles. The van der Waals surface area contributed by atoms with Gasteiger partial charge < -0.3 is 28.8 Å². The fourth-order valence-electron chi connectivity index (χ4n) is 9.33. The minimum Gasteiger partial charge on any atom is -0.756 e. The average Bonchev–Trinajstić information content (AvgIpc) is 3.42. The number of hydrogen-bond donors (Lipinski definition) is 2. The molecule has 0 rings (SSSR count). The second-order valence-electron chi connectivity index (χ2n) is 23.4. The van der Waals surface area contributed by atoms with Gasteiger partial charge in [0.05, 0.1) is 39.9 Å². The van der Waals surface area contributed by atoms with E-state index in [9.17, 15) is 19.4 Å². The van der Waals surface area contributed by atoms with Crippen LogP contribution in [0.3, 0.4) is 0 Å². The van der Waals surface area contributed by atoms with Crippen LogP contribution in [0.2, 0.25) is 0 Å². The lowest BCUT2D eigenvalue weighted by Crippen LogP contribution is -2.45. The zero-order valence-corrected chi connectivity index (χ0v) is 53.6. The molecule has 80 heavy (non-hydrogen) atoms. The van der Waals surface area contributed by atoms with Gasteiger partial charge in [0.2, 0.25) is 5.91 Å². The van der Waals surface area contributed by atoms with Crippen molar-refractivity contribution >= 4 is 13.7 Å². The van der Waals surface area contributed by atoms with Crippen LogP contribution in [0, 0.1) is 0 Å². The molecule has 0 heterocycles. The van der Waals surface area contributed by atoms with Crippen molar-refractivity contribution in [2.24, 2.45) is 0 Å². The first-order chi connectivity index (χ1) is 39.0. The van der Waals surface area contributed by atoms with Crippen LogP contribution in [-0.2, 0) is 18.4 Å². The van der Waals surface area contributed by atoms with Gasteiger partial charge in [-0.1, -0.05) is 297 Å². The van der Waals surface area contributed by atoms with Crippen molar-refractivity contribution in [3.8, 4) is 0 Å². The fourth-order valence-corrected chi connectivity index (χ4v) is 10.1. The molecule has 0 aromatic rings. The number of phosphoric ester groups is 1. The topological polar surface area (TPSA) is 108 Å². The number of hydrogen-bond acceptors (Lipinski definition) is 6. The van der Waals surface area contributed by atoms with E-state index in [0.717, 1.165) is 83.5 Å². The third kappa shape index (κ3) is 62.8. The van der Waals surface area contributed by atoms with E-state index >= 15 is 0 Å². The minimum absolute atomic E-state index is 0.0103. The number of amides is 1. The van der Waals surface area contributed by atoms with E-state index in [1.807, 2.05) is 27.2 Å². The molecule has 3 unspecified atom stereocenters. The van der Waals surface area contributed by atoms with Gasteiger partial charge in [0.1, 0.15) is 13.2 Å². The van der Waals surface area contributed by atoms with Gasteiger partial charge in [-0.05, 0) is 89.9 Å². The highest BCUT2D eigenvalue weighted by molar-refractivity contribution is 7.45. The van der Waals surface area contributed by atoms with E-state index in [4.69, 9.17) is 9.05 Å². The number of aliphatic hydroxyl groups is 1. The number of nitrogens with one attached hydrogen (secondary N) is 1. The summed E-state index contributed by atoms with van der Waals surface area (Å²) in [6.07, 6.45) is 89.1. The van der Waals surface area contributed by atoms with Crippen molar-refractivity contribution in [1.82, 2.24) is 5.32 Å². The summed E-state index contributed by atoms with van der Waals surface area (Å²) in [5.41, 5.74) is 0. The zero-order valence-electron chi connectivity index (χ0n) is 52.7. The molecule has 3 atom stereocenters. The highest BCUT2D eigenvalue weighted by atomic mass is 31.2. The predicted octanol–water partition coefficient (Wildman–Crippen LogP) is 20.5. The Kier molecular flexibility index (Phi) is 58.6. The zero-order chi connectivity index (χ0) is 58.4. The number of carbonyl (C=O) groups excluding carboxylic acids is 1. The number of nitrogens with zero attached hydrogens (tertiary/aromatic N) is 1. The number of likely N-dealkylation sites (N-methyl/N-ethyl adjacent to an activating group) is 1. The van der Waals surface area contributed by atoms with Crippen molar-refractivity contribution < 1.29 is 32.9 Å². The molecule has 462 valence electrons. The number of carbonyl (C=O) groups is 1. The first-order valence-electron chi connectivity index (χ1n) is 33.2. The van der Waals surface area contributed by atoms with Crippen LogP contribution in [0.5, 0.6) is 0 Å². The molecular formula is C71H127N2O6P. The number of unbranched alkanes of at least 4 members (excludes halogenated alkanes) is 31. The smallest absolute Gasteiger partial charge is 0.268 e. The summed E-state index contributed by atoms with van der Waals surface area (Å²) in [5, 5.41) is 13.9. The van der Waals surface area contributed by atoms with Gasteiger partial charge in [0.15, 0.2) is 0 Å². The third-order valence-corrected chi connectivity index (χ3v) is 15.4. The van der Waals surface area contributed by atoms with Gasteiger partial charge >= 0.3 is 0 Å². The summed E-state index contributed by atoms with van der Waals surface area (Å²) < 4.78 is 23.4. The maximum atomic E-state index is 13.0. The Morgan fingerprint density at radius 1 is 0.450 bits per heavy atom. The monoisotopic (exact) mass is 1130 g/mol. The van der Waals surface area contributed by atoms with Crippen molar-refractivity contribution in [2.45, 2.75) is 296 Å². The highest BCUT2D eigenvalue weighted by Gasteiger charge is 2.23. The van der Waals surface area contributed by atoms with Crippen LogP contribution in [0.4, 0.5) is 0 Å². The molecule has 0 spiro atoms. The third-order valence-electron chi connectivity index (χ3n) is 14.5. The first-order valence-corrected chi connectivity index (χ1v) is 34.7. The number of aliphatic hydroxyl groups excluding tert-OH is 1. The maximum absolute atomic E-state index is 13.0. The van der Waals surface area contributed by atoms with Crippen LogP contribution < -0.4 is 10.2 Å². The van der Waals surface area contributed by atoms with E-state index in [1.54, 1.807) is 6.08 Å². The predicted molar refractivity (Wildman–Crippen MR) is 348 cm³/mol. The molecule has 0 aromatic heterocycles. The van der Waals surface area contributed by atoms with Crippen LogP contribution >= 0.6 is 7.82 Å². The number of phosphoric acid groups is 1. The Balaban J connectivity index is 4.15. The molecule has 8 nitrogen and oxygen atoms in total. The molecule has 0 bridgehead atoms. The number of allylic oxidation sites excluding steroid dienone is 17. The maximum Gasteiger partial charge on any atom is 0.268 e. The molecule has 2 N–H and O–H groups in total. The van der Waals surface area contributed by atoms with Crippen LogP contribution in [0.25, 0.3) is 0 Å². The highest BCUT2D eigenvalue weighted by Crippen LogP contribution is 2.38. The lowest BCUT2D eigenvalue weighted by Gasteiger charge is -2.29. The van der Waals surface area contributed by atoms with E-state index in [0.29, 0.717) is 17.4 Å². The Bertz CT molecular complexity index is 1670. The molecule has 0 saturated carbocycles. The van der Waals surface area contributed by atoms with Crippen LogP contribution in [0.15, 0.2) is 109 Å². The minimum atomic E-state index is -4.62. The van der Waals surface area contributed by atoms with Gasteiger partial charge in [-0.15, -0.1) is 0 Å². The molecular weight excluding hydrogens is 1010 g/mol. The SMILES string of the molecule is CC/C=C\C/C=C\C/C=C\C/C=C\C/C=C\C/C=C\C/C=C\CCCCCCCCCCCCCCCC(=O)NC(COP(=O)([O-])OCC[N+](C)(C)C)C(O)/C=C/CC/C=C/CCCCCCCCCCCCCCCCCCC. The molecule has 0 aliphatic carbocycles. The number of rotatable bonds is 60. The van der Waals surface area contributed by atoms with Crippen molar-refractivity contribution in [3.63, 3.8) is 0 Å².